The van der Waals surface area contributed by atoms with Crippen LogP contribution in [0, 0.1) is 0 Å². The average Bonchev–Trinajstić information content (AvgIpc) is 2.17. The van der Waals surface area contributed by atoms with Crippen molar-refractivity contribution in [2.75, 3.05) is 0 Å². The first-order valence-corrected chi connectivity index (χ1v) is 6.00. The second-order valence-electron chi connectivity index (χ2n) is 4.69. The highest BCUT2D eigenvalue weighted by Gasteiger charge is 2.21. The van der Waals surface area contributed by atoms with Crippen LogP contribution in [0.5, 0.6) is 0 Å². The molecule has 0 bridgehead atoms. The number of hydrogen-bond acceptors (Lipinski definition) is 2. The van der Waals surface area contributed by atoms with Crippen molar-refractivity contribution < 1.29 is 4.79 Å². The number of nitrogens with two attached hydrogens (primary N) is 1. The van der Waals surface area contributed by atoms with Crippen molar-refractivity contribution in [2.24, 2.45) is 5.73 Å². The molecule has 0 aromatic heterocycles. The molecule has 0 aromatic carbocycles. The van der Waals surface area contributed by atoms with Crippen LogP contribution in [-0.2, 0) is 4.79 Å². The first kappa shape index (κ1) is 14.4. The van der Waals surface area contributed by atoms with Gasteiger partial charge in [-0.1, -0.05) is 13.8 Å². The van der Waals surface area contributed by atoms with Gasteiger partial charge in [-0.3, -0.25) is 4.79 Å². The molecular weight excluding hydrogens is 188 g/mol. The van der Waals surface area contributed by atoms with E-state index >= 15 is 0 Å². The first-order chi connectivity index (χ1) is 6.93. The van der Waals surface area contributed by atoms with Gasteiger partial charge in [-0.2, -0.15) is 0 Å². The molecule has 0 saturated carbocycles. The number of amides is 1. The zero-order chi connectivity index (χ0) is 11.9. The van der Waals surface area contributed by atoms with Gasteiger partial charge in [0, 0.05) is 18.0 Å². The van der Waals surface area contributed by atoms with Crippen LogP contribution < -0.4 is 11.1 Å². The minimum Gasteiger partial charge on any atom is -0.351 e. The summed E-state index contributed by atoms with van der Waals surface area (Å²) in [5.41, 5.74) is 5.59. The van der Waals surface area contributed by atoms with Crippen molar-refractivity contribution in [3.8, 4) is 0 Å². The van der Waals surface area contributed by atoms with E-state index < -0.39 is 0 Å². The molecule has 0 aliphatic rings. The van der Waals surface area contributed by atoms with Crippen LogP contribution in [0.15, 0.2) is 0 Å². The molecule has 0 aliphatic carbocycles. The number of nitrogens with one attached hydrogen (secondary N) is 1. The Balaban J connectivity index is 3.82. The summed E-state index contributed by atoms with van der Waals surface area (Å²) in [4.78, 5) is 11.6. The van der Waals surface area contributed by atoms with Gasteiger partial charge in [-0.05, 0) is 39.5 Å². The molecule has 3 heteroatoms. The van der Waals surface area contributed by atoms with Gasteiger partial charge < -0.3 is 11.1 Å². The maximum Gasteiger partial charge on any atom is 0.220 e. The fourth-order valence-corrected chi connectivity index (χ4v) is 1.41. The molecule has 1 unspecified atom stereocenters. The number of rotatable bonds is 7. The summed E-state index contributed by atoms with van der Waals surface area (Å²) >= 11 is 0. The first-order valence-electron chi connectivity index (χ1n) is 6.00. The van der Waals surface area contributed by atoms with Crippen molar-refractivity contribution in [3.05, 3.63) is 0 Å². The van der Waals surface area contributed by atoms with Gasteiger partial charge in [-0.25, -0.2) is 0 Å². The molecule has 0 radical (unpaired) electrons. The molecule has 0 fully saturated rings. The molecule has 90 valence electrons. The third-order valence-electron chi connectivity index (χ3n) is 3.07. The number of hydrogen-bond donors (Lipinski definition) is 2. The van der Waals surface area contributed by atoms with Gasteiger partial charge in [0.1, 0.15) is 0 Å². The molecule has 3 N–H and O–H groups in total. The molecule has 0 aliphatic heterocycles. The van der Waals surface area contributed by atoms with Crippen LogP contribution in [-0.4, -0.2) is 17.5 Å². The van der Waals surface area contributed by atoms with Crippen molar-refractivity contribution in [1.82, 2.24) is 5.32 Å². The summed E-state index contributed by atoms with van der Waals surface area (Å²) in [6.07, 6.45) is 4.34. The minimum atomic E-state index is -0.0363. The van der Waals surface area contributed by atoms with E-state index in [2.05, 4.69) is 26.1 Å². The predicted molar refractivity (Wildman–Crippen MR) is 64.6 cm³/mol. The largest absolute Gasteiger partial charge is 0.351 e. The second-order valence-corrected chi connectivity index (χ2v) is 4.69. The second kappa shape index (κ2) is 6.83. The van der Waals surface area contributed by atoms with Crippen molar-refractivity contribution in [1.29, 1.82) is 0 Å². The fourth-order valence-electron chi connectivity index (χ4n) is 1.41. The van der Waals surface area contributed by atoms with E-state index in [-0.39, 0.29) is 17.5 Å². The van der Waals surface area contributed by atoms with Gasteiger partial charge in [0.2, 0.25) is 5.91 Å². The van der Waals surface area contributed by atoms with Crippen LogP contribution in [0.3, 0.4) is 0 Å². The summed E-state index contributed by atoms with van der Waals surface area (Å²) < 4.78 is 0. The minimum absolute atomic E-state index is 0.0363. The smallest absolute Gasteiger partial charge is 0.220 e. The standard InChI is InChI=1S/C12H26N2O/c1-5-12(4,6-2)14-11(15)9-7-8-10(3)13/h10H,5-9,13H2,1-4H3,(H,14,15). The Morgan fingerprint density at radius 2 is 1.93 bits per heavy atom. The van der Waals surface area contributed by atoms with Gasteiger partial charge in [0.15, 0.2) is 0 Å². The van der Waals surface area contributed by atoms with E-state index in [1.165, 1.54) is 0 Å². The van der Waals surface area contributed by atoms with Gasteiger partial charge >= 0.3 is 0 Å². The SMILES string of the molecule is CCC(C)(CC)NC(=O)CCCC(C)N. The number of carbonyl (C=O) groups excluding carboxylic acids is 1. The Kier molecular flexibility index (Phi) is 6.57. The summed E-state index contributed by atoms with van der Waals surface area (Å²) in [6, 6.07) is 0.196. The highest BCUT2D eigenvalue weighted by atomic mass is 16.1. The van der Waals surface area contributed by atoms with E-state index in [1.807, 2.05) is 6.92 Å². The molecular formula is C12H26N2O. The van der Waals surface area contributed by atoms with E-state index in [0.717, 1.165) is 25.7 Å². The maximum absolute atomic E-state index is 11.6. The van der Waals surface area contributed by atoms with E-state index in [0.29, 0.717) is 6.42 Å². The average molecular weight is 214 g/mol. The predicted octanol–water partition coefficient (Wildman–Crippen LogP) is 2.20. The highest BCUT2D eigenvalue weighted by molar-refractivity contribution is 5.76. The zero-order valence-electron chi connectivity index (χ0n) is 10.6. The van der Waals surface area contributed by atoms with Gasteiger partial charge in [0.05, 0.1) is 0 Å². The third kappa shape index (κ3) is 6.50. The molecule has 3 nitrogen and oxygen atoms in total. The van der Waals surface area contributed by atoms with E-state index in [4.69, 9.17) is 5.73 Å². The lowest BCUT2D eigenvalue weighted by atomic mass is 9.95. The lowest BCUT2D eigenvalue weighted by molar-refractivity contribution is -0.123. The van der Waals surface area contributed by atoms with Gasteiger partial charge in [0.25, 0.3) is 0 Å². The fraction of sp³-hybridized carbons (Fsp3) is 0.917. The Hall–Kier alpha value is -0.570. The normalized spacial score (nSPS) is 13.7. The zero-order valence-corrected chi connectivity index (χ0v) is 10.6. The van der Waals surface area contributed by atoms with Crippen molar-refractivity contribution in [3.63, 3.8) is 0 Å². The topological polar surface area (TPSA) is 55.1 Å². The van der Waals surface area contributed by atoms with Crippen LogP contribution in [0.1, 0.15) is 59.8 Å². The summed E-state index contributed by atoms with van der Waals surface area (Å²) in [5.74, 6) is 0.154. The molecule has 0 heterocycles. The lowest BCUT2D eigenvalue weighted by Gasteiger charge is -2.28. The molecule has 1 amide bonds. The van der Waals surface area contributed by atoms with E-state index in [1.54, 1.807) is 0 Å². The van der Waals surface area contributed by atoms with Crippen molar-refractivity contribution in [2.45, 2.75) is 71.4 Å². The molecule has 0 spiro atoms. The van der Waals surface area contributed by atoms with E-state index in [9.17, 15) is 4.79 Å². The Morgan fingerprint density at radius 3 is 2.33 bits per heavy atom. The summed E-state index contributed by atoms with van der Waals surface area (Å²) in [5, 5.41) is 3.09. The monoisotopic (exact) mass is 214 g/mol. The summed E-state index contributed by atoms with van der Waals surface area (Å²) in [6.45, 7) is 8.27. The Labute approximate surface area is 93.8 Å². The van der Waals surface area contributed by atoms with Crippen molar-refractivity contribution >= 4 is 5.91 Å². The Bertz CT molecular complexity index is 186. The molecule has 15 heavy (non-hydrogen) atoms. The lowest BCUT2D eigenvalue weighted by Crippen LogP contribution is -2.44. The third-order valence-corrected chi connectivity index (χ3v) is 3.07. The molecule has 0 aromatic rings. The molecule has 0 saturated heterocycles. The highest BCUT2D eigenvalue weighted by Crippen LogP contribution is 2.14. The van der Waals surface area contributed by atoms with Crippen LogP contribution in [0.25, 0.3) is 0 Å². The maximum atomic E-state index is 11.6. The molecule has 1 atom stereocenters. The number of carbonyl (C=O) groups is 1. The van der Waals surface area contributed by atoms with Crippen LogP contribution in [0.2, 0.25) is 0 Å². The van der Waals surface area contributed by atoms with Gasteiger partial charge in [-0.15, -0.1) is 0 Å². The summed E-state index contributed by atoms with van der Waals surface area (Å²) in [7, 11) is 0. The quantitative estimate of drug-likeness (QED) is 0.682. The van der Waals surface area contributed by atoms with Crippen LogP contribution in [0.4, 0.5) is 0 Å². The Morgan fingerprint density at radius 1 is 1.40 bits per heavy atom. The molecule has 0 rings (SSSR count). The van der Waals surface area contributed by atoms with Crippen LogP contribution >= 0.6 is 0 Å².